The molecule has 11 nitrogen and oxygen atoms in total. The summed E-state index contributed by atoms with van der Waals surface area (Å²) in [6, 6.07) is 8.99. The SMILES string of the molecule is CC(=O)c1c(O)cccc1OCCCCNC(=O)CCc1ccc(N2C=C(O)NS2(=O)=O)c(O)c1. The number of Topliss-reactive ketones (excluding diaryl/α,β-unsaturated/α-hetero) is 1. The Morgan fingerprint density at radius 1 is 1.09 bits per heavy atom. The van der Waals surface area contributed by atoms with Crippen LogP contribution < -0.4 is 19.1 Å². The van der Waals surface area contributed by atoms with Crippen LogP contribution in [0.3, 0.4) is 0 Å². The number of phenolic OH excluding ortho intramolecular Hbond substituents is 2. The summed E-state index contributed by atoms with van der Waals surface area (Å²) in [5, 5.41) is 32.2. The fourth-order valence-corrected chi connectivity index (χ4v) is 4.54. The van der Waals surface area contributed by atoms with Gasteiger partial charge in [-0.15, -0.1) is 0 Å². The smallest absolute Gasteiger partial charge is 0.330 e. The van der Waals surface area contributed by atoms with Crippen molar-refractivity contribution in [3.63, 3.8) is 0 Å². The van der Waals surface area contributed by atoms with Gasteiger partial charge in [0, 0.05) is 13.0 Å². The van der Waals surface area contributed by atoms with E-state index in [0.29, 0.717) is 43.7 Å². The van der Waals surface area contributed by atoms with Crippen molar-refractivity contribution in [2.45, 2.75) is 32.6 Å². The second-order valence-corrected chi connectivity index (χ2v) is 9.40. The number of phenols is 2. The van der Waals surface area contributed by atoms with Crippen LogP contribution in [0.4, 0.5) is 5.69 Å². The number of aliphatic hydroxyl groups is 1. The maximum Gasteiger partial charge on any atom is 0.330 e. The zero-order valence-corrected chi connectivity index (χ0v) is 19.8. The van der Waals surface area contributed by atoms with E-state index in [9.17, 15) is 33.3 Å². The van der Waals surface area contributed by atoms with Gasteiger partial charge in [-0.2, -0.15) is 8.42 Å². The van der Waals surface area contributed by atoms with Crippen LogP contribution in [-0.4, -0.2) is 48.6 Å². The quantitative estimate of drug-likeness (QED) is 0.229. The fraction of sp³-hybridized carbons (Fsp3) is 0.304. The molecule has 0 radical (unpaired) electrons. The standard InChI is InChI=1S/C23H27N3O8S/c1-15(27)23-18(28)5-4-6-20(23)34-12-3-2-11-24-21(30)10-8-16-7-9-17(19(29)13-16)26-14-22(31)25-35(26,32)33/h4-7,9,13-14,25,28-29,31H,2-3,8,10-12H2,1H3,(H,24,30). The highest BCUT2D eigenvalue weighted by molar-refractivity contribution is 7.91. The van der Waals surface area contributed by atoms with Crippen LogP contribution in [0.5, 0.6) is 17.2 Å². The number of carbonyl (C=O) groups is 2. The highest BCUT2D eigenvalue weighted by Gasteiger charge is 2.30. The molecule has 1 amide bonds. The summed E-state index contributed by atoms with van der Waals surface area (Å²) in [5.74, 6) is -1.14. The lowest BCUT2D eigenvalue weighted by atomic mass is 10.1. The molecule has 12 heteroatoms. The number of aromatic hydroxyl groups is 2. The van der Waals surface area contributed by atoms with E-state index in [1.54, 1.807) is 18.2 Å². The Hall–Kier alpha value is -3.93. The highest BCUT2D eigenvalue weighted by Crippen LogP contribution is 2.32. The van der Waals surface area contributed by atoms with Gasteiger partial charge in [0.2, 0.25) is 11.8 Å². The molecule has 188 valence electrons. The number of rotatable bonds is 11. The maximum absolute atomic E-state index is 12.1. The third-order valence-corrected chi connectivity index (χ3v) is 6.44. The Morgan fingerprint density at radius 2 is 1.86 bits per heavy atom. The van der Waals surface area contributed by atoms with E-state index in [0.717, 1.165) is 10.5 Å². The molecule has 0 spiro atoms. The van der Waals surface area contributed by atoms with Gasteiger partial charge < -0.3 is 25.4 Å². The van der Waals surface area contributed by atoms with Gasteiger partial charge in [0.25, 0.3) is 0 Å². The van der Waals surface area contributed by atoms with Crippen molar-refractivity contribution in [2.75, 3.05) is 17.5 Å². The molecule has 0 aliphatic carbocycles. The van der Waals surface area contributed by atoms with Crippen molar-refractivity contribution >= 4 is 27.6 Å². The molecule has 0 fully saturated rings. The minimum Gasteiger partial charge on any atom is -0.507 e. The topological polar surface area (TPSA) is 165 Å². The Balaban J connectivity index is 1.39. The molecule has 0 unspecified atom stereocenters. The van der Waals surface area contributed by atoms with Crippen LogP contribution in [-0.2, 0) is 21.4 Å². The molecular weight excluding hydrogens is 478 g/mol. The molecule has 1 heterocycles. The number of hydrogen-bond acceptors (Lipinski definition) is 8. The van der Waals surface area contributed by atoms with Crippen molar-refractivity contribution in [2.24, 2.45) is 0 Å². The van der Waals surface area contributed by atoms with E-state index in [1.807, 2.05) is 4.72 Å². The van der Waals surface area contributed by atoms with Gasteiger partial charge >= 0.3 is 10.2 Å². The van der Waals surface area contributed by atoms with Gasteiger partial charge in [-0.1, -0.05) is 12.1 Å². The average Bonchev–Trinajstić information content (AvgIpc) is 3.06. The lowest BCUT2D eigenvalue weighted by molar-refractivity contribution is -0.121. The maximum atomic E-state index is 12.1. The van der Waals surface area contributed by atoms with Gasteiger partial charge in [-0.05, 0) is 56.0 Å². The van der Waals surface area contributed by atoms with E-state index in [4.69, 9.17) is 4.74 Å². The number of anilines is 1. The summed E-state index contributed by atoms with van der Waals surface area (Å²) in [6.45, 7) is 2.10. The van der Waals surface area contributed by atoms with Crippen LogP contribution in [0.15, 0.2) is 48.5 Å². The van der Waals surface area contributed by atoms with E-state index < -0.39 is 16.1 Å². The number of ether oxygens (including phenoxy) is 1. The summed E-state index contributed by atoms with van der Waals surface area (Å²) in [4.78, 5) is 23.8. The molecule has 0 saturated carbocycles. The van der Waals surface area contributed by atoms with Gasteiger partial charge in [0.1, 0.15) is 28.5 Å². The van der Waals surface area contributed by atoms with Crippen molar-refractivity contribution in [1.29, 1.82) is 0 Å². The molecule has 1 aliphatic heterocycles. The Bertz CT molecular complexity index is 1240. The normalized spacial score (nSPS) is 14.2. The number of aryl methyl sites for hydroxylation is 1. The number of carbonyl (C=O) groups excluding carboxylic acids is 2. The Kier molecular flexibility index (Phi) is 8.07. The summed E-state index contributed by atoms with van der Waals surface area (Å²) in [6.07, 6.45) is 2.72. The van der Waals surface area contributed by atoms with E-state index in [1.165, 1.54) is 25.1 Å². The first-order chi connectivity index (χ1) is 16.6. The first kappa shape index (κ1) is 25.7. The second kappa shape index (κ2) is 11.0. The largest absolute Gasteiger partial charge is 0.507 e. The molecule has 1 aliphatic rings. The number of ketones is 1. The predicted molar refractivity (Wildman–Crippen MR) is 128 cm³/mol. The minimum atomic E-state index is -4.01. The van der Waals surface area contributed by atoms with Gasteiger partial charge in [0.05, 0.1) is 12.8 Å². The second-order valence-electron chi connectivity index (χ2n) is 7.85. The molecule has 0 atom stereocenters. The number of unbranched alkanes of at least 4 members (excludes halogenated alkanes) is 1. The first-order valence-corrected chi connectivity index (χ1v) is 12.3. The lowest BCUT2D eigenvalue weighted by Crippen LogP contribution is -2.29. The molecule has 0 aromatic heterocycles. The van der Waals surface area contributed by atoms with Crippen molar-refractivity contribution < 1.29 is 38.1 Å². The summed E-state index contributed by atoms with van der Waals surface area (Å²) in [7, 11) is -4.01. The van der Waals surface area contributed by atoms with E-state index in [2.05, 4.69) is 5.32 Å². The van der Waals surface area contributed by atoms with Gasteiger partial charge in [0.15, 0.2) is 5.78 Å². The van der Waals surface area contributed by atoms with Crippen molar-refractivity contribution in [1.82, 2.24) is 10.0 Å². The summed E-state index contributed by atoms with van der Waals surface area (Å²) in [5.41, 5.74) is 0.756. The number of benzene rings is 2. The van der Waals surface area contributed by atoms with E-state index >= 15 is 0 Å². The Morgan fingerprint density at radius 3 is 2.51 bits per heavy atom. The third-order valence-electron chi connectivity index (χ3n) is 5.16. The van der Waals surface area contributed by atoms with E-state index in [-0.39, 0.29) is 40.9 Å². The highest BCUT2D eigenvalue weighted by atomic mass is 32.2. The molecule has 0 saturated heterocycles. The zero-order valence-electron chi connectivity index (χ0n) is 19.0. The van der Waals surface area contributed by atoms with Crippen molar-refractivity contribution in [3.05, 3.63) is 59.6 Å². The molecule has 35 heavy (non-hydrogen) atoms. The monoisotopic (exact) mass is 505 g/mol. The number of nitrogens with zero attached hydrogens (tertiary/aromatic N) is 1. The molecule has 2 aromatic rings. The number of aliphatic hydroxyl groups excluding tert-OH is 1. The Labute approximate surface area is 202 Å². The zero-order chi connectivity index (χ0) is 25.6. The average molecular weight is 506 g/mol. The van der Waals surface area contributed by atoms with Crippen LogP contribution >= 0.6 is 0 Å². The number of amides is 1. The molecule has 0 bridgehead atoms. The lowest BCUT2D eigenvalue weighted by Gasteiger charge is -2.16. The van der Waals surface area contributed by atoms with Gasteiger partial charge in [-0.3, -0.25) is 9.59 Å². The predicted octanol–water partition coefficient (Wildman–Crippen LogP) is 2.22. The van der Waals surface area contributed by atoms with Crippen molar-refractivity contribution in [3.8, 4) is 17.2 Å². The first-order valence-electron chi connectivity index (χ1n) is 10.9. The van der Waals surface area contributed by atoms with Gasteiger partial charge in [-0.25, -0.2) is 9.03 Å². The third kappa shape index (κ3) is 6.57. The van der Waals surface area contributed by atoms with Crippen LogP contribution in [0, 0.1) is 0 Å². The molecule has 2 aromatic carbocycles. The minimum absolute atomic E-state index is 0.0295. The number of nitrogens with one attached hydrogen (secondary N) is 2. The molecule has 3 rings (SSSR count). The number of hydrogen-bond donors (Lipinski definition) is 5. The molecule has 5 N–H and O–H groups in total. The van der Waals surface area contributed by atoms with Crippen LogP contribution in [0.2, 0.25) is 0 Å². The van der Waals surface area contributed by atoms with Crippen LogP contribution in [0.25, 0.3) is 0 Å². The summed E-state index contributed by atoms with van der Waals surface area (Å²) < 4.78 is 32.1. The summed E-state index contributed by atoms with van der Waals surface area (Å²) >= 11 is 0. The fourth-order valence-electron chi connectivity index (χ4n) is 3.47. The molecular formula is C23H27N3O8S. The van der Waals surface area contributed by atoms with Crippen LogP contribution in [0.1, 0.15) is 42.1 Å².